The van der Waals surface area contributed by atoms with Crippen LogP contribution in [0, 0.1) is 0 Å². The van der Waals surface area contributed by atoms with Crippen molar-refractivity contribution in [1.29, 1.82) is 0 Å². The van der Waals surface area contributed by atoms with Crippen LogP contribution in [0.15, 0.2) is 18.2 Å². The van der Waals surface area contributed by atoms with Gasteiger partial charge in [0.1, 0.15) is 6.04 Å². The number of nitrogens with one attached hydrogen (secondary N) is 3. The van der Waals surface area contributed by atoms with E-state index in [-0.39, 0.29) is 30.7 Å². The number of anilines is 1. The van der Waals surface area contributed by atoms with Gasteiger partial charge in [-0.15, -0.1) is 0 Å². The van der Waals surface area contributed by atoms with E-state index < -0.39 is 11.9 Å². The monoisotopic (exact) mass is 417 g/mol. The zero-order valence-electron chi connectivity index (χ0n) is 16.7. The van der Waals surface area contributed by atoms with E-state index in [0.29, 0.717) is 56.9 Å². The van der Waals surface area contributed by atoms with Crippen LogP contribution in [0.3, 0.4) is 0 Å². The van der Waals surface area contributed by atoms with Crippen molar-refractivity contribution in [3.63, 3.8) is 0 Å². The maximum absolute atomic E-state index is 12.7. The van der Waals surface area contributed by atoms with Crippen LogP contribution in [0.5, 0.6) is 0 Å². The van der Waals surface area contributed by atoms with Gasteiger partial charge in [-0.3, -0.25) is 24.5 Å². The predicted octanol–water partition coefficient (Wildman–Crippen LogP) is -0.659. The third-order valence-corrected chi connectivity index (χ3v) is 5.02. The Bertz CT molecular complexity index is 828. The number of hydrogen-bond donors (Lipinski definition) is 4. The molecule has 1 atom stereocenters. The molecule has 5 N–H and O–H groups in total. The summed E-state index contributed by atoms with van der Waals surface area (Å²) < 4.78 is 5.24. The van der Waals surface area contributed by atoms with Gasteiger partial charge in [-0.25, -0.2) is 0 Å². The Kier molecular flexibility index (Phi) is 7.50. The number of nitrogens with zero attached hydrogens (tertiary/aromatic N) is 1. The molecule has 2 aliphatic rings. The number of carbonyl (C=O) groups is 4. The first-order chi connectivity index (χ1) is 14.5. The minimum Gasteiger partial charge on any atom is -0.379 e. The second-order valence-electron chi connectivity index (χ2n) is 7.22. The van der Waals surface area contributed by atoms with E-state index in [1.165, 1.54) is 4.90 Å². The van der Waals surface area contributed by atoms with E-state index in [0.717, 1.165) is 5.56 Å². The maximum atomic E-state index is 12.7. The first-order valence-electron chi connectivity index (χ1n) is 10.1. The lowest BCUT2D eigenvalue weighted by Crippen LogP contribution is -2.52. The molecule has 0 radical (unpaired) electrons. The predicted molar refractivity (Wildman–Crippen MR) is 108 cm³/mol. The summed E-state index contributed by atoms with van der Waals surface area (Å²) in [6.07, 6.45) is 0.832. The number of ether oxygens (including phenoxy) is 1. The Hall–Kier alpha value is -2.82. The molecule has 162 valence electrons. The van der Waals surface area contributed by atoms with Gasteiger partial charge in [-0.05, 0) is 30.2 Å². The Labute approximate surface area is 174 Å². The van der Waals surface area contributed by atoms with Gasteiger partial charge in [0.05, 0.1) is 13.2 Å². The van der Waals surface area contributed by atoms with Crippen molar-refractivity contribution in [2.45, 2.75) is 31.8 Å². The topological polar surface area (TPSA) is 143 Å². The van der Waals surface area contributed by atoms with Crippen molar-refractivity contribution in [3.05, 3.63) is 29.3 Å². The third-order valence-electron chi connectivity index (χ3n) is 5.02. The molecular formula is C20H27N5O5. The highest BCUT2D eigenvalue weighted by Crippen LogP contribution is 2.29. The summed E-state index contributed by atoms with van der Waals surface area (Å²) >= 11 is 0. The van der Waals surface area contributed by atoms with Crippen molar-refractivity contribution in [2.24, 2.45) is 5.73 Å². The molecule has 2 heterocycles. The summed E-state index contributed by atoms with van der Waals surface area (Å²) in [7, 11) is 0. The number of fused-ring (bicyclic) bond motifs is 1. The summed E-state index contributed by atoms with van der Waals surface area (Å²) in [5, 5.41) is 8.23. The maximum Gasteiger partial charge on any atom is 0.255 e. The number of benzene rings is 1. The molecule has 3 rings (SSSR count). The molecule has 30 heavy (non-hydrogen) atoms. The van der Waals surface area contributed by atoms with Crippen LogP contribution in [0.4, 0.5) is 5.69 Å². The number of rotatable bonds is 10. The van der Waals surface area contributed by atoms with E-state index in [9.17, 15) is 19.2 Å². The molecule has 0 aliphatic carbocycles. The van der Waals surface area contributed by atoms with Crippen molar-refractivity contribution in [2.75, 3.05) is 38.2 Å². The fourth-order valence-electron chi connectivity index (χ4n) is 3.53. The molecule has 1 unspecified atom stereocenters. The van der Waals surface area contributed by atoms with Crippen molar-refractivity contribution >= 4 is 29.3 Å². The van der Waals surface area contributed by atoms with Crippen molar-refractivity contribution in [1.82, 2.24) is 15.5 Å². The number of imide groups is 1. The number of nitrogens with two attached hydrogens (primary N) is 1. The van der Waals surface area contributed by atoms with Gasteiger partial charge < -0.3 is 26.0 Å². The van der Waals surface area contributed by atoms with E-state index in [1.54, 1.807) is 18.2 Å². The SMILES string of the molecule is NCCOCCNCCC(=O)Nc1ccc2c(c1)CN(C1CCC(=O)NC1=O)C2=O. The molecule has 1 saturated heterocycles. The quantitative estimate of drug-likeness (QED) is 0.292. The van der Waals surface area contributed by atoms with Gasteiger partial charge in [-0.1, -0.05) is 0 Å². The van der Waals surface area contributed by atoms with E-state index in [1.807, 2.05) is 0 Å². The summed E-state index contributed by atoms with van der Waals surface area (Å²) in [5.41, 5.74) is 7.19. The van der Waals surface area contributed by atoms with Gasteiger partial charge in [0.2, 0.25) is 17.7 Å². The highest BCUT2D eigenvalue weighted by atomic mass is 16.5. The number of carbonyl (C=O) groups excluding carboxylic acids is 4. The average Bonchev–Trinajstić information content (AvgIpc) is 3.03. The van der Waals surface area contributed by atoms with Gasteiger partial charge in [0.15, 0.2) is 0 Å². The summed E-state index contributed by atoms with van der Waals surface area (Å²) in [5.74, 6) is -1.14. The van der Waals surface area contributed by atoms with Crippen LogP contribution in [-0.4, -0.2) is 67.4 Å². The van der Waals surface area contributed by atoms with Crippen LogP contribution >= 0.6 is 0 Å². The van der Waals surface area contributed by atoms with E-state index >= 15 is 0 Å². The molecule has 1 aromatic rings. The second kappa shape index (κ2) is 10.3. The number of hydrogen-bond acceptors (Lipinski definition) is 7. The standard InChI is InChI=1S/C20H27N5O5/c21-6-9-30-10-8-22-7-5-18(27)23-14-1-2-15-13(11-14)12-25(20(15)29)16-3-4-17(26)24-19(16)28/h1-2,11,16,22H,3-10,12,21H2,(H,23,27)(H,24,26,28). The Balaban J connectivity index is 1.49. The molecule has 10 heteroatoms. The summed E-state index contributed by atoms with van der Waals surface area (Å²) in [4.78, 5) is 49.7. The first kappa shape index (κ1) is 21.9. The molecule has 0 spiro atoms. The number of piperidine rings is 1. The molecule has 2 aliphatic heterocycles. The fourth-order valence-corrected chi connectivity index (χ4v) is 3.53. The molecule has 0 saturated carbocycles. The lowest BCUT2D eigenvalue weighted by atomic mass is 10.0. The molecule has 4 amide bonds. The Morgan fingerprint density at radius 3 is 2.83 bits per heavy atom. The highest BCUT2D eigenvalue weighted by Gasteiger charge is 2.39. The minimum atomic E-state index is -0.652. The molecular weight excluding hydrogens is 390 g/mol. The Morgan fingerprint density at radius 2 is 2.07 bits per heavy atom. The molecule has 1 fully saturated rings. The lowest BCUT2D eigenvalue weighted by Gasteiger charge is -2.29. The zero-order valence-corrected chi connectivity index (χ0v) is 16.7. The van der Waals surface area contributed by atoms with E-state index in [4.69, 9.17) is 10.5 Å². The molecule has 0 aromatic heterocycles. The normalized spacial score (nSPS) is 18.4. The van der Waals surface area contributed by atoms with Gasteiger partial charge in [0.25, 0.3) is 5.91 Å². The van der Waals surface area contributed by atoms with Crippen LogP contribution in [0.25, 0.3) is 0 Å². The van der Waals surface area contributed by atoms with Gasteiger partial charge in [0, 0.05) is 50.3 Å². The van der Waals surface area contributed by atoms with Crippen LogP contribution in [0.1, 0.15) is 35.2 Å². The smallest absolute Gasteiger partial charge is 0.255 e. The van der Waals surface area contributed by atoms with Crippen molar-refractivity contribution in [3.8, 4) is 0 Å². The fraction of sp³-hybridized carbons (Fsp3) is 0.500. The second-order valence-corrected chi connectivity index (χ2v) is 7.22. The molecule has 0 bridgehead atoms. The number of amides is 4. The largest absolute Gasteiger partial charge is 0.379 e. The highest BCUT2D eigenvalue weighted by molar-refractivity contribution is 6.05. The lowest BCUT2D eigenvalue weighted by molar-refractivity contribution is -0.137. The first-order valence-corrected chi connectivity index (χ1v) is 10.1. The molecule has 1 aromatic carbocycles. The summed E-state index contributed by atoms with van der Waals surface area (Å²) in [6, 6.07) is 4.44. The average molecular weight is 417 g/mol. The summed E-state index contributed by atoms with van der Waals surface area (Å²) in [6.45, 7) is 2.98. The molecule has 10 nitrogen and oxygen atoms in total. The van der Waals surface area contributed by atoms with Crippen LogP contribution in [0.2, 0.25) is 0 Å². The van der Waals surface area contributed by atoms with E-state index in [2.05, 4.69) is 16.0 Å². The van der Waals surface area contributed by atoms with Crippen molar-refractivity contribution < 1.29 is 23.9 Å². The third kappa shape index (κ3) is 5.41. The van der Waals surface area contributed by atoms with Crippen LogP contribution < -0.4 is 21.7 Å². The minimum absolute atomic E-state index is 0.142. The van der Waals surface area contributed by atoms with Gasteiger partial charge >= 0.3 is 0 Å². The van der Waals surface area contributed by atoms with Gasteiger partial charge in [-0.2, -0.15) is 0 Å². The zero-order chi connectivity index (χ0) is 21.5. The Morgan fingerprint density at radius 1 is 1.23 bits per heavy atom. The van der Waals surface area contributed by atoms with Crippen LogP contribution in [-0.2, 0) is 25.7 Å².